The standard InChI is InChI=1S/C10H10N2S.BrH/c1-2-7-13-10-11-8-5-3-4-6-9(8)12-10;/h2-6H,1,7H2,(H,11,12);1H. The van der Waals surface area contributed by atoms with Crippen LogP contribution >= 0.6 is 28.7 Å². The van der Waals surface area contributed by atoms with Gasteiger partial charge in [0.1, 0.15) is 0 Å². The second-order valence-electron chi connectivity index (χ2n) is 2.66. The van der Waals surface area contributed by atoms with Gasteiger partial charge in [-0.2, -0.15) is 0 Å². The van der Waals surface area contributed by atoms with Gasteiger partial charge < -0.3 is 4.98 Å². The minimum atomic E-state index is 0. The van der Waals surface area contributed by atoms with Crippen molar-refractivity contribution in [2.24, 2.45) is 0 Å². The number of aromatic nitrogens is 2. The molecule has 0 aliphatic heterocycles. The fraction of sp³-hybridized carbons (Fsp3) is 0.100. The highest BCUT2D eigenvalue weighted by Crippen LogP contribution is 2.18. The van der Waals surface area contributed by atoms with E-state index in [1.807, 2.05) is 30.3 Å². The largest absolute Gasteiger partial charge is 0.333 e. The van der Waals surface area contributed by atoms with Crippen molar-refractivity contribution >= 4 is 39.8 Å². The molecule has 0 aliphatic rings. The van der Waals surface area contributed by atoms with Crippen LogP contribution in [0.25, 0.3) is 11.0 Å². The van der Waals surface area contributed by atoms with Gasteiger partial charge in [-0.15, -0.1) is 23.6 Å². The zero-order chi connectivity index (χ0) is 9.10. The van der Waals surface area contributed by atoms with Crippen LogP contribution in [0.15, 0.2) is 42.1 Å². The van der Waals surface area contributed by atoms with E-state index >= 15 is 0 Å². The van der Waals surface area contributed by atoms with Gasteiger partial charge in [0, 0.05) is 5.75 Å². The number of fused-ring (bicyclic) bond motifs is 1. The lowest BCUT2D eigenvalue weighted by Gasteiger charge is -1.87. The number of para-hydroxylation sites is 2. The molecule has 2 nitrogen and oxygen atoms in total. The van der Waals surface area contributed by atoms with Crippen LogP contribution in [0, 0.1) is 0 Å². The monoisotopic (exact) mass is 270 g/mol. The van der Waals surface area contributed by atoms with E-state index in [1.54, 1.807) is 11.8 Å². The summed E-state index contributed by atoms with van der Waals surface area (Å²) in [6, 6.07) is 8.03. The molecule has 0 bridgehead atoms. The maximum absolute atomic E-state index is 4.41. The predicted octanol–water partition coefficient (Wildman–Crippen LogP) is 3.42. The van der Waals surface area contributed by atoms with Crippen LogP contribution < -0.4 is 0 Å². The average molecular weight is 271 g/mol. The molecule has 1 N–H and O–H groups in total. The fourth-order valence-electron chi connectivity index (χ4n) is 1.14. The molecule has 74 valence electrons. The molecule has 4 heteroatoms. The van der Waals surface area contributed by atoms with E-state index in [0.717, 1.165) is 21.9 Å². The third-order valence-corrected chi connectivity index (χ3v) is 2.57. The topological polar surface area (TPSA) is 28.7 Å². The molecule has 1 aromatic carbocycles. The quantitative estimate of drug-likeness (QED) is 0.684. The number of benzene rings is 1. The van der Waals surface area contributed by atoms with Crippen LogP contribution in [-0.4, -0.2) is 15.7 Å². The Balaban J connectivity index is 0.000000980. The summed E-state index contributed by atoms with van der Waals surface area (Å²) in [6.45, 7) is 3.67. The average Bonchev–Trinajstić information content (AvgIpc) is 2.57. The third kappa shape index (κ3) is 2.39. The van der Waals surface area contributed by atoms with Crippen molar-refractivity contribution in [2.75, 3.05) is 5.75 Å². The van der Waals surface area contributed by atoms with Crippen LogP contribution in [0.2, 0.25) is 0 Å². The van der Waals surface area contributed by atoms with Crippen molar-refractivity contribution in [3.63, 3.8) is 0 Å². The van der Waals surface area contributed by atoms with E-state index in [4.69, 9.17) is 0 Å². The maximum atomic E-state index is 4.41. The summed E-state index contributed by atoms with van der Waals surface area (Å²) in [4.78, 5) is 7.64. The Hall–Kier alpha value is -0.740. The summed E-state index contributed by atoms with van der Waals surface area (Å²) in [7, 11) is 0. The molecule has 0 spiro atoms. The Morgan fingerprint density at radius 1 is 1.43 bits per heavy atom. The molecular weight excluding hydrogens is 260 g/mol. The van der Waals surface area contributed by atoms with Gasteiger partial charge in [-0.1, -0.05) is 30.0 Å². The van der Waals surface area contributed by atoms with Gasteiger partial charge in [-0.25, -0.2) is 4.98 Å². The minimum absolute atomic E-state index is 0. The summed E-state index contributed by atoms with van der Waals surface area (Å²) in [6.07, 6.45) is 1.87. The molecule has 0 saturated carbocycles. The van der Waals surface area contributed by atoms with Crippen molar-refractivity contribution in [1.82, 2.24) is 9.97 Å². The molecule has 1 aromatic heterocycles. The predicted molar refractivity (Wildman–Crippen MR) is 67.3 cm³/mol. The first-order valence-electron chi connectivity index (χ1n) is 4.08. The number of rotatable bonds is 3. The first-order valence-corrected chi connectivity index (χ1v) is 5.07. The Kier molecular flexibility index (Phi) is 4.22. The highest BCUT2D eigenvalue weighted by molar-refractivity contribution is 8.93. The van der Waals surface area contributed by atoms with Crippen LogP contribution in [0.5, 0.6) is 0 Å². The van der Waals surface area contributed by atoms with Gasteiger partial charge in [0.05, 0.1) is 11.0 Å². The van der Waals surface area contributed by atoms with Crippen molar-refractivity contribution < 1.29 is 0 Å². The number of nitrogens with zero attached hydrogens (tertiary/aromatic N) is 1. The fourth-order valence-corrected chi connectivity index (χ4v) is 1.76. The SMILES string of the molecule is Br.C=CCSc1nc2ccccc2[nH]1. The lowest BCUT2D eigenvalue weighted by Crippen LogP contribution is -1.74. The molecule has 0 atom stereocenters. The Morgan fingerprint density at radius 3 is 2.93 bits per heavy atom. The lowest BCUT2D eigenvalue weighted by molar-refractivity contribution is 1.08. The Bertz CT molecular complexity index is 392. The molecule has 2 rings (SSSR count). The van der Waals surface area contributed by atoms with Crippen LogP contribution in [0.1, 0.15) is 0 Å². The van der Waals surface area contributed by atoms with Gasteiger partial charge in [-0.05, 0) is 12.1 Å². The number of imidazole rings is 1. The van der Waals surface area contributed by atoms with E-state index in [0.29, 0.717) is 0 Å². The number of hydrogen-bond acceptors (Lipinski definition) is 2. The molecule has 1 heterocycles. The van der Waals surface area contributed by atoms with Gasteiger partial charge in [-0.3, -0.25) is 0 Å². The second kappa shape index (κ2) is 5.22. The molecule has 14 heavy (non-hydrogen) atoms. The van der Waals surface area contributed by atoms with E-state index in [1.165, 1.54) is 0 Å². The molecule has 0 aliphatic carbocycles. The molecule has 2 aromatic rings. The number of nitrogens with one attached hydrogen (secondary N) is 1. The molecule has 0 amide bonds. The molecular formula is C10H11BrN2S. The van der Waals surface area contributed by atoms with Crippen molar-refractivity contribution in [3.05, 3.63) is 36.9 Å². The number of H-pyrrole nitrogens is 1. The number of thioether (sulfide) groups is 1. The highest BCUT2D eigenvalue weighted by atomic mass is 79.9. The number of aromatic amines is 1. The number of halogens is 1. The van der Waals surface area contributed by atoms with E-state index < -0.39 is 0 Å². The van der Waals surface area contributed by atoms with Gasteiger partial charge >= 0.3 is 0 Å². The molecule has 0 unspecified atom stereocenters. The zero-order valence-electron chi connectivity index (χ0n) is 7.56. The normalized spacial score (nSPS) is 9.71. The van der Waals surface area contributed by atoms with E-state index in [9.17, 15) is 0 Å². The van der Waals surface area contributed by atoms with Crippen LogP contribution in [-0.2, 0) is 0 Å². The van der Waals surface area contributed by atoms with Crippen molar-refractivity contribution in [3.8, 4) is 0 Å². The maximum Gasteiger partial charge on any atom is 0.166 e. The second-order valence-corrected chi connectivity index (χ2v) is 3.67. The number of hydrogen-bond donors (Lipinski definition) is 1. The summed E-state index contributed by atoms with van der Waals surface area (Å²) in [5, 5.41) is 0.959. The van der Waals surface area contributed by atoms with Crippen LogP contribution in [0.4, 0.5) is 0 Å². The third-order valence-electron chi connectivity index (χ3n) is 1.71. The molecule has 0 fully saturated rings. The first-order chi connectivity index (χ1) is 6.40. The summed E-state index contributed by atoms with van der Waals surface area (Å²) >= 11 is 1.66. The van der Waals surface area contributed by atoms with Crippen LogP contribution in [0.3, 0.4) is 0 Å². The molecule has 0 radical (unpaired) electrons. The lowest BCUT2D eigenvalue weighted by atomic mass is 10.3. The smallest absolute Gasteiger partial charge is 0.166 e. The van der Waals surface area contributed by atoms with Crippen molar-refractivity contribution in [2.45, 2.75) is 5.16 Å². The van der Waals surface area contributed by atoms with Gasteiger partial charge in [0.15, 0.2) is 5.16 Å². The van der Waals surface area contributed by atoms with E-state index in [2.05, 4.69) is 16.5 Å². The van der Waals surface area contributed by atoms with Gasteiger partial charge in [0.25, 0.3) is 0 Å². The summed E-state index contributed by atoms with van der Waals surface area (Å²) in [5.74, 6) is 0.889. The minimum Gasteiger partial charge on any atom is -0.333 e. The first kappa shape index (κ1) is 11.3. The zero-order valence-corrected chi connectivity index (χ0v) is 10.1. The highest BCUT2D eigenvalue weighted by Gasteiger charge is 1.99. The Morgan fingerprint density at radius 2 is 2.21 bits per heavy atom. The van der Waals surface area contributed by atoms with E-state index in [-0.39, 0.29) is 17.0 Å². The summed E-state index contributed by atoms with van der Waals surface area (Å²) in [5.41, 5.74) is 2.11. The van der Waals surface area contributed by atoms with Crippen molar-refractivity contribution in [1.29, 1.82) is 0 Å². The summed E-state index contributed by atoms with van der Waals surface area (Å²) < 4.78 is 0. The Labute approximate surface area is 97.6 Å². The van der Waals surface area contributed by atoms with Gasteiger partial charge in [0.2, 0.25) is 0 Å². The molecule has 0 saturated heterocycles.